The average molecular weight is 332 g/mol. The third-order valence-corrected chi connectivity index (χ3v) is 4.73. The van der Waals surface area contributed by atoms with Crippen LogP contribution in [0.25, 0.3) is 0 Å². The molecule has 0 saturated heterocycles. The third-order valence-electron chi connectivity index (χ3n) is 1.24. The van der Waals surface area contributed by atoms with Crippen molar-refractivity contribution in [3.05, 3.63) is 19.2 Å². The smallest absolute Gasteiger partial charge is 0.174 e. The number of Topliss-reactive ketones (excluding diaryl/α,β-unsaturated/α-hetero) is 1. The molecule has 66 valence electrons. The molecule has 1 heterocycles. The van der Waals surface area contributed by atoms with Crippen LogP contribution in [0.4, 0.5) is 0 Å². The van der Waals surface area contributed by atoms with E-state index in [1.807, 2.05) is 6.07 Å². The molecule has 0 saturated carbocycles. The Morgan fingerprint density at radius 1 is 1.58 bits per heavy atom. The van der Waals surface area contributed by atoms with Gasteiger partial charge in [-0.05, 0) is 37.9 Å². The minimum atomic E-state index is 0.0985. The first kappa shape index (κ1) is 10.7. The zero-order valence-corrected chi connectivity index (χ0v) is 10.7. The van der Waals surface area contributed by atoms with Gasteiger partial charge in [-0.3, -0.25) is 4.79 Å². The van der Waals surface area contributed by atoms with Gasteiger partial charge in [0.25, 0.3) is 0 Å². The van der Waals surface area contributed by atoms with Crippen molar-refractivity contribution in [1.29, 1.82) is 0 Å². The van der Waals surface area contributed by atoms with Crippen molar-refractivity contribution in [3.63, 3.8) is 0 Å². The van der Waals surface area contributed by atoms with Crippen LogP contribution in [-0.2, 0) is 0 Å². The highest BCUT2D eigenvalue weighted by Crippen LogP contribution is 2.32. The lowest BCUT2D eigenvalue weighted by atomic mass is 10.3. The van der Waals surface area contributed by atoms with Gasteiger partial charge in [0.05, 0.1) is 8.66 Å². The van der Waals surface area contributed by atoms with E-state index in [0.717, 1.165) is 13.1 Å². The zero-order valence-electron chi connectivity index (χ0n) is 5.94. The van der Waals surface area contributed by atoms with Crippen molar-refractivity contribution in [2.24, 2.45) is 0 Å². The van der Waals surface area contributed by atoms with Crippen LogP contribution < -0.4 is 0 Å². The zero-order chi connectivity index (χ0) is 9.14. The molecule has 5 heteroatoms. The van der Waals surface area contributed by atoms with Crippen molar-refractivity contribution in [3.8, 4) is 0 Å². The molecule has 0 atom stereocenters. The van der Waals surface area contributed by atoms with E-state index < -0.39 is 0 Å². The lowest BCUT2D eigenvalue weighted by Crippen LogP contribution is -1.95. The summed E-state index contributed by atoms with van der Waals surface area (Å²) in [5.74, 6) is 0.479. The second kappa shape index (κ2) is 4.74. The summed E-state index contributed by atoms with van der Waals surface area (Å²) in [6, 6.07) is 1.81. The van der Waals surface area contributed by atoms with E-state index in [1.165, 1.54) is 11.3 Å². The van der Waals surface area contributed by atoms with Crippen molar-refractivity contribution >= 4 is 60.6 Å². The summed E-state index contributed by atoms with van der Waals surface area (Å²) in [5.41, 5.74) is 0. The van der Waals surface area contributed by atoms with Crippen LogP contribution >= 0.6 is 54.8 Å². The normalized spacial score (nSPS) is 10.2. The van der Waals surface area contributed by atoms with Gasteiger partial charge in [-0.1, -0.05) is 0 Å². The average Bonchev–Trinajstić information content (AvgIpc) is 2.33. The van der Waals surface area contributed by atoms with Crippen LogP contribution in [0, 0.1) is 0 Å². The monoisotopic (exact) mass is 330 g/mol. The number of ketones is 1. The van der Waals surface area contributed by atoms with Gasteiger partial charge in [-0.25, -0.2) is 0 Å². The Morgan fingerprint density at radius 2 is 2.25 bits per heavy atom. The summed E-state index contributed by atoms with van der Waals surface area (Å²) in [6.45, 7) is 0. The summed E-state index contributed by atoms with van der Waals surface area (Å²) >= 11 is 13.5. The number of alkyl halides is 1. The summed E-state index contributed by atoms with van der Waals surface area (Å²) in [5, 5.41) is 0. The Balaban J connectivity index is 2.82. The number of hydrogen-bond acceptors (Lipinski definition) is 2. The van der Waals surface area contributed by atoms with E-state index in [1.54, 1.807) is 0 Å². The SMILES string of the molecule is O=C(CCCl)c1cc(Br)c(Br)s1. The molecule has 0 aliphatic carbocycles. The van der Waals surface area contributed by atoms with Crippen molar-refractivity contribution < 1.29 is 4.79 Å². The highest BCUT2D eigenvalue weighted by molar-refractivity contribution is 9.13. The van der Waals surface area contributed by atoms with Crippen LogP contribution in [0.1, 0.15) is 16.1 Å². The highest BCUT2D eigenvalue weighted by Gasteiger charge is 2.10. The molecule has 1 rings (SSSR count). The fraction of sp³-hybridized carbons (Fsp3) is 0.286. The number of halogens is 3. The molecule has 1 aromatic rings. The molecule has 0 amide bonds. The number of carbonyl (C=O) groups excluding carboxylic acids is 1. The molecule has 0 unspecified atom stereocenters. The van der Waals surface area contributed by atoms with Crippen LogP contribution in [0.5, 0.6) is 0 Å². The molecule has 0 aromatic carbocycles. The molecular formula is C7H5Br2ClOS. The van der Waals surface area contributed by atoms with Crippen LogP contribution in [0.3, 0.4) is 0 Å². The molecule has 12 heavy (non-hydrogen) atoms. The van der Waals surface area contributed by atoms with E-state index in [0.29, 0.717) is 12.3 Å². The summed E-state index contributed by atoms with van der Waals surface area (Å²) in [6.07, 6.45) is 0.404. The molecule has 0 N–H and O–H groups in total. The van der Waals surface area contributed by atoms with Gasteiger partial charge in [0.15, 0.2) is 5.78 Å². The summed E-state index contributed by atoms with van der Waals surface area (Å²) in [4.78, 5) is 12.0. The van der Waals surface area contributed by atoms with Crippen molar-refractivity contribution in [2.45, 2.75) is 6.42 Å². The first-order chi connectivity index (χ1) is 5.65. The Kier molecular flexibility index (Phi) is 4.23. The number of thiophene rings is 1. The highest BCUT2D eigenvalue weighted by atomic mass is 79.9. The van der Waals surface area contributed by atoms with Crippen LogP contribution in [0.2, 0.25) is 0 Å². The van der Waals surface area contributed by atoms with Crippen LogP contribution in [0.15, 0.2) is 14.3 Å². The van der Waals surface area contributed by atoms with Gasteiger partial charge in [0.2, 0.25) is 0 Å². The van der Waals surface area contributed by atoms with E-state index >= 15 is 0 Å². The summed E-state index contributed by atoms with van der Waals surface area (Å²) in [7, 11) is 0. The number of rotatable bonds is 3. The Hall–Kier alpha value is 0.620. The van der Waals surface area contributed by atoms with E-state index in [4.69, 9.17) is 11.6 Å². The van der Waals surface area contributed by atoms with Crippen molar-refractivity contribution in [2.75, 3.05) is 5.88 Å². The fourth-order valence-corrected chi connectivity index (χ4v) is 2.87. The van der Waals surface area contributed by atoms with Gasteiger partial charge in [-0.2, -0.15) is 0 Å². The lowest BCUT2D eigenvalue weighted by Gasteiger charge is -1.90. The molecular weight excluding hydrogens is 327 g/mol. The lowest BCUT2D eigenvalue weighted by molar-refractivity contribution is 0.0993. The molecule has 1 aromatic heterocycles. The standard InChI is InChI=1S/C7H5Br2ClOS/c8-4-3-6(12-7(4)9)5(11)1-2-10/h3H,1-2H2. The maximum Gasteiger partial charge on any atom is 0.174 e. The van der Waals surface area contributed by atoms with Gasteiger partial charge < -0.3 is 0 Å². The Bertz CT molecular complexity index is 278. The largest absolute Gasteiger partial charge is 0.293 e. The van der Waals surface area contributed by atoms with Gasteiger partial charge in [0.1, 0.15) is 0 Å². The minimum absolute atomic E-state index is 0.0985. The first-order valence-corrected chi connectivity index (χ1v) is 6.13. The quantitative estimate of drug-likeness (QED) is 0.602. The first-order valence-electron chi connectivity index (χ1n) is 3.19. The van der Waals surface area contributed by atoms with Crippen molar-refractivity contribution in [1.82, 2.24) is 0 Å². The summed E-state index contributed by atoms with van der Waals surface area (Å²) < 4.78 is 1.87. The van der Waals surface area contributed by atoms with Crippen LogP contribution in [-0.4, -0.2) is 11.7 Å². The molecule has 0 aliphatic rings. The van der Waals surface area contributed by atoms with E-state index in [-0.39, 0.29) is 5.78 Å². The molecule has 0 aliphatic heterocycles. The second-order valence-corrected chi connectivity index (χ2v) is 5.70. The molecule has 0 bridgehead atoms. The molecule has 0 spiro atoms. The molecule has 0 fully saturated rings. The number of carbonyl (C=O) groups is 1. The minimum Gasteiger partial charge on any atom is -0.293 e. The van der Waals surface area contributed by atoms with E-state index in [9.17, 15) is 4.79 Å². The fourth-order valence-electron chi connectivity index (χ4n) is 0.693. The predicted octanol–water partition coefficient (Wildman–Crippen LogP) is 4.08. The predicted molar refractivity (Wildman–Crippen MR) is 59.4 cm³/mol. The third kappa shape index (κ3) is 2.55. The Labute approximate surface area is 96.4 Å². The molecule has 1 nitrogen and oxygen atoms in total. The maximum absolute atomic E-state index is 11.3. The van der Waals surface area contributed by atoms with Gasteiger partial charge in [0, 0.05) is 16.8 Å². The maximum atomic E-state index is 11.3. The van der Waals surface area contributed by atoms with Gasteiger partial charge in [-0.15, -0.1) is 22.9 Å². The number of hydrogen-bond donors (Lipinski definition) is 0. The Morgan fingerprint density at radius 3 is 2.67 bits per heavy atom. The van der Waals surface area contributed by atoms with Gasteiger partial charge >= 0.3 is 0 Å². The molecule has 0 radical (unpaired) electrons. The second-order valence-electron chi connectivity index (χ2n) is 2.09. The topological polar surface area (TPSA) is 17.1 Å². The van der Waals surface area contributed by atoms with E-state index in [2.05, 4.69) is 31.9 Å².